The number of aromatic nitrogens is 2. The molecule has 0 bridgehead atoms. The smallest absolute Gasteiger partial charge is 0.376 e. The van der Waals surface area contributed by atoms with Gasteiger partial charge in [0.2, 0.25) is 11.7 Å². The number of esters is 1. The van der Waals surface area contributed by atoms with Crippen molar-refractivity contribution in [1.29, 1.82) is 0 Å². The predicted molar refractivity (Wildman–Crippen MR) is 55.4 cm³/mol. The molecule has 0 atom stereocenters. The number of nitrogens with one attached hydrogen (secondary N) is 1. The van der Waals surface area contributed by atoms with Gasteiger partial charge in [0.15, 0.2) is 0 Å². The van der Waals surface area contributed by atoms with E-state index in [1.54, 1.807) is 13.0 Å². The van der Waals surface area contributed by atoms with Crippen LogP contribution in [-0.2, 0) is 4.74 Å². The molecule has 2 heterocycles. The van der Waals surface area contributed by atoms with Crippen LogP contribution in [0.1, 0.15) is 16.3 Å². The van der Waals surface area contributed by atoms with Gasteiger partial charge in [-0.05, 0) is 6.92 Å². The van der Waals surface area contributed by atoms with Crippen LogP contribution in [0.4, 0.5) is 0 Å². The highest BCUT2D eigenvalue weighted by Crippen LogP contribution is 2.12. The van der Waals surface area contributed by atoms with Crippen molar-refractivity contribution in [2.45, 2.75) is 13.0 Å². The fourth-order valence-corrected chi connectivity index (χ4v) is 1.30. The number of carbonyl (C=O) groups excluding carboxylic acids is 1. The molecular formula is C10H13N3O3. The number of nitrogens with zero attached hydrogens (tertiary/aromatic N) is 2. The number of hydrogen-bond donors (Lipinski definition) is 1. The Kier molecular flexibility index (Phi) is 3.00. The van der Waals surface area contributed by atoms with Gasteiger partial charge in [0.1, 0.15) is 6.10 Å². The van der Waals surface area contributed by atoms with E-state index in [9.17, 15) is 4.79 Å². The highest BCUT2D eigenvalue weighted by Gasteiger charge is 2.20. The van der Waals surface area contributed by atoms with Crippen molar-refractivity contribution in [3.05, 3.63) is 17.6 Å². The van der Waals surface area contributed by atoms with E-state index in [4.69, 9.17) is 4.74 Å². The minimum absolute atomic E-state index is 0.0322. The van der Waals surface area contributed by atoms with Crippen molar-refractivity contribution >= 4 is 5.97 Å². The number of methoxy groups -OCH3 is 1. The van der Waals surface area contributed by atoms with Gasteiger partial charge in [-0.15, -0.1) is 0 Å². The zero-order chi connectivity index (χ0) is 11.5. The molecule has 2 rings (SSSR count). The molecular weight excluding hydrogens is 210 g/mol. The molecule has 1 aliphatic heterocycles. The highest BCUT2D eigenvalue weighted by molar-refractivity contribution is 5.85. The van der Waals surface area contributed by atoms with Gasteiger partial charge in [-0.3, -0.25) is 0 Å². The maximum Gasteiger partial charge on any atom is 0.376 e. The van der Waals surface area contributed by atoms with Crippen LogP contribution < -0.4 is 10.1 Å². The monoisotopic (exact) mass is 223 g/mol. The Labute approximate surface area is 93.0 Å². The maximum atomic E-state index is 11.3. The van der Waals surface area contributed by atoms with Gasteiger partial charge in [0.25, 0.3) is 0 Å². The average Bonchev–Trinajstić information content (AvgIpc) is 2.21. The molecule has 1 fully saturated rings. The largest absolute Gasteiger partial charge is 0.472 e. The van der Waals surface area contributed by atoms with Crippen molar-refractivity contribution in [2.24, 2.45) is 0 Å². The Balaban J connectivity index is 2.17. The molecule has 0 amide bonds. The standard InChI is InChI=1S/C10H13N3O3/c1-6-3-8(16-7-4-11-5-7)13-9(12-6)10(14)15-2/h3,7,11H,4-5H2,1-2H3. The van der Waals surface area contributed by atoms with Crippen LogP contribution in [0.25, 0.3) is 0 Å². The van der Waals surface area contributed by atoms with Crippen molar-refractivity contribution in [2.75, 3.05) is 20.2 Å². The third-order valence-corrected chi connectivity index (χ3v) is 2.23. The summed E-state index contributed by atoms with van der Waals surface area (Å²) in [4.78, 5) is 19.2. The van der Waals surface area contributed by atoms with Crippen molar-refractivity contribution in [1.82, 2.24) is 15.3 Å². The van der Waals surface area contributed by atoms with E-state index in [-0.39, 0.29) is 11.9 Å². The lowest BCUT2D eigenvalue weighted by molar-refractivity contribution is 0.0582. The van der Waals surface area contributed by atoms with E-state index < -0.39 is 5.97 Å². The summed E-state index contributed by atoms with van der Waals surface area (Å²) in [5, 5.41) is 3.08. The molecule has 0 aromatic carbocycles. The van der Waals surface area contributed by atoms with Gasteiger partial charge < -0.3 is 14.8 Å². The number of aryl methyl sites for hydroxylation is 1. The third kappa shape index (κ3) is 2.27. The lowest BCUT2D eigenvalue weighted by atomic mass is 10.2. The second-order valence-electron chi connectivity index (χ2n) is 3.56. The Morgan fingerprint density at radius 1 is 1.50 bits per heavy atom. The molecule has 6 heteroatoms. The third-order valence-electron chi connectivity index (χ3n) is 2.23. The van der Waals surface area contributed by atoms with Gasteiger partial charge in [-0.25, -0.2) is 9.78 Å². The summed E-state index contributed by atoms with van der Waals surface area (Å²) in [5.41, 5.74) is 0.678. The molecule has 1 aromatic rings. The summed E-state index contributed by atoms with van der Waals surface area (Å²) in [7, 11) is 1.30. The lowest BCUT2D eigenvalue weighted by Crippen LogP contribution is -2.50. The molecule has 0 radical (unpaired) electrons. The molecule has 6 nitrogen and oxygen atoms in total. The zero-order valence-electron chi connectivity index (χ0n) is 9.19. The summed E-state index contributed by atoms with van der Waals surface area (Å²) in [6.45, 7) is 3.38. The van der Waals surface area contributed by atoms with E-state index >= 15 is 0 Å². The highest BCUT2D eigenvalue weighted by atomic mass is 16.5. The Hall–Kier alpha value is -1.69. The van der Waals surface area contributed by atoms with Crippen molar-refractivity contribution < 1.29 is 14.3 Å². The van der Waals surface area contributed by atoms with Crippen LogP contribution in [-0.4, -0.2) is 42.2 Å². The number of hydrogen-bond acceptors (Lipinski definition) is 6. The topological polar surface area (TPSA) is 73.3 Å². The number of rotatable bonds is 3. The second-order valence-corrected chi connectivity index (χ2v) is 3.56. The summed E-state index contributed by atoms with van der Waals surface area (Å²) >= 11 is 0. The molecule has 86 valence electrons. The van der Waals surface area contributed by atoms with E-state index in [0.29, 0.717) is 11.6 Å². The zero-order valence-corrected chi connectivity index (χ0v) is 9.19. The lowest BCUT2D eigenvalue weighted by Gasteiger charge is -2.27. The van der Waals surface area contributed by atoms with Crippen LogP contribution in [0.15, 0.2) is 6.07 Å². The van der Waals surface area contributed by atoms with Crippen LogP contribution in [0.5, 0.6) is 5.88 Å². The molecule has 0 aliphatic carbocycles. The molecule has 16 heavy (non-hydrogen) atoms. The van der Waals surface area contributed by atoms with Crippen LogP contribution in [0, 0.1) is 6.92 Å². The summed E-state index contributed by atoms with van der Waals surface area (Å²) < 4.78 is 10.1. The quantitative estimate of drug-likeness (QED) is 0.723. The first-order chi connectivity index (χ1) is 7.69. The Bertz CT molecular complexity index is 404. The first-order valence-corrected chi connectivity index (χ1v) is 5.00. The summed E-state index contributed by atoms with van der Waals surface area (Å²) in [5.74, 6) is -0.107. The average molecular weight is 223 g/mol. The minimum Gasteiger partial charge on any atom is -0.472 e. The molecule has 0 unspecified atom stereocenters. The molecule has 1 N–H and O–H groups in total. The van der Waals surface area contributed by atoms with E-state index in [1.165, 1.54) is 7.11 Å². The van der Waals surface area contributed by atoms with E-state index in [0.717, 1.165) is 13.1 Å². The van der Waals surface area contributed by atoms with Crippen molar-refractivity contribution in [3.63, 3.8) is 0 Å². The molecule has 0 spiro atoms. The maximum absolute atomic E-state index is 11.3. The van der Waals surface area contributed by atoms with Crippen LogP contribution in [0.3, 0.4) is 0 Å². The van der Waals surface area contributed by atoms with Crippen LogP contribution in [0.2, 0.25) is 0 Å². The van der Waals surface area contributed by atoms with Gasteiger partial charge >= 0.3 is 5.97 Å². The van der Waals surface area contributed by atoms with E-state index in [1.807, 2.05) is 0 Å². The SMILES string of the molecule is COC(=O)c1nc(C)cc(OC2CNC2)n1. The predicted octanol–water partition coefficient (Wildman–Crippen LogP) is -0.0778. The fourth-order valence-electron chi connectivity index (χ4n) is 1.30. The summed E-state index contributed by atoms with van der Waals surface area (Å²) in [6, 6.07) is 1.70. The molecule has 1 aromatic heterocycles. The van der Waals surface area contributed by atoms with Gasteiger partial charge in [0, 0.05) is 24.8 Å². The normalized spacial score (nSPS) is 15.4. The molecule has 1 aliphatic rings. The summed E-state index contributed by atoms with van der Waals surface area (Å²) in [6.07, 6.45) is 0.125. The van der Waals surface area contributed by atoms with Crippen LogP contribution >= 0.6 is 0 Å². The number of carbonyl (C=O) groups is 1. The van der Waals surface area contributed by atoms with Crippen molar-refractivity contribution in [3.8, 4) is 5.88 Å². The molecule has 0 saturated carbocycles. The number of ether oxygens (including phenoxy) is 2. The van der Waals surface area contributed by atoms with Gasteiger partial charge in [0.05, 0.1) is 7.11 Å². The minimum atomic E-state index is -0.555. The Morgan fingerprint density at radius 3 is 2.81 bits per heavy atom. The fraction of sp³-hybridized carbons (Fsp3) is 0.500. The first-order valence-electron chi connectivity index (χ1n) is 5.00. The van der Waals surface area contributed by atoms with Gasteiger partial charge in [-0.1, -0.05) is 0 Å². The Morgan fingerprint density at radius 2 is 2.25 bits per heavy atom. The van der Waals surface area contributed by atoms with Gasteiger partial charge in [-0.2, -0.15) is 4.98 Å². The first kappa shape index (κ1) is 10.8. The molecule has 1 saturated heterocycles. The second kappa shape index (κ2) is 4.44. The van der Waals surface area contributed by atoms with E-state index in [2.05, 4.69) is 20.0 Å².